The molecule has 0 unspecified atom stereocenters. The minimum absolute atomic E-state index is 0.160. The molecule has 0 N–H and O–H groups in total. The smallest absolute Gasteiger partial charge is 0.305 e. The van der Waals surface area contributed by atoms with E-state index in [4.69, 9.17) is 14.2 Å². The normalized spacial score (nSPS) is 12.2. The minimum atomic E-state index is -0.397. The summed E-state index contributed by atoms with van der Waals surface area (Å²) >= 11 is 0. The Morgan fingerprint density at radius 1 is 0.303 bits per heavy atom. The molecule has 0 aliphatic heterocycles. The van der Waals surface area contributed by atoms with E-state index in [1.165, 1.54) is 257 Å². The quantitative estimate of drug-likeness (QED) is 0.0345. The highest BCUT2D eigenvalue weighted by molar-refractivity contribution is 5.69. The van der Waals surface area contributed by atoms with Crippen molar-refractivity contribution in [2.45, 2.75) is 335 Å². The van der Waals surface area contributed by atoms with Crippen LogP contribution < -0.4 is 0 Å². The summed E-state index contributed by atoms with van der Waals surface area (Å²) in [5.41, 5.74) is 0. The first-order chi connectivity index (χ1) is 32.6. The zero-order valence-corrected chi connectivity index (χ0v) is 45.0. The van der Waals surface area contributed by atoms with Gasteiger partial charge in [0.2, 0.25) is 0 Å². The maximum atomic E-state index is 12.7. The molecule has 5 heteroatoms. The molecule has 0 aromatic carbocycles. The second-order valence-electron chi connectivity index (χ2n) is 20.2. The topological polar surface area (TPSA) is 61.8 Å². The highest BCUT2D eigenvalue weighted by Crippen LogP contribution is 2.17. The molecule has 0 radical (unpaired) electrons. The van der Waals surface area contributed by atoms with E-state index in [-0.39, 0.29) is 25.2 Å². The first kappa shape index (κ1) is 64.4. The van der Waals surface area contributed by atoms with Gasteiger partial charge in [-0.25, -0.2) is 0 Å². The molecule has 0 aromatic rings. The van der Waals surface area contributed by atoms with Crippen LogP contribution in [0.5, 0.6) is 0 Å². The van der Waals surface area contributed by atoms with Crippen molar-refractivity contribution in [3.8, 4) is 0 Å². The Labute approximate surface area is 413 Å². The van der Waals surface area contributed by atoms with Crippen LogP contribution in [0.3, 0.4) is 0 Å². The van der Waals surface area contributed by atoms with Gasteiger partial charge >= 0.3 is 11.9 Å². The minimum Gasteiger partial charge on any atom is -0.463 e. The summed E-state index contributed by atoms with van der Waals surface area (Å²) < 4.78 is 17.5. The summed E-state index contributed by atoms with van der Waals surface area (Å²) in [6.07, 6.45) is 69.3. The molecule has 1 atom stereocenters. The van der Waals surface area contributed by atoms with Crippen LogP contribution in [0.1, 0.15) is 329 Å². The Kier molecular flexibility index (Phi) is 56.3. The third-order valence-electron chi connectivity index (χ3n) is 13.5. The zero-order chi connectivity index (χ0) is 47.7. The van der Waals surface area contributed by atoms with Gasteiger partial charge < -0.3 is 14.2 Å². The first-order valence-corrected chi connectivity index (χ1v) is 29.9. The lowest BCUT2D eigenvalue weighted by Gasteiger charge is -2.18. The molecule has 0 aromatic heterocycles. The molecule has 0 saturated carbocycles. The van der Waals surface area contributed by atoms with Gasteiger partial charge in [-0.1, -0.05) is 270 Å². The molecule has 0 bridgehead atoms. The standard InChI is InChI=1S/C61H116O5/c1-4-7-10-13-16-19-22-25-28-30-31-32-34-37-40-43-46-49-52-55-61(63)66-58-59(64-56-53-50-47-44-41-38-35-29-26-23-20-17-14-11-8-5-2)57-65-60(62)54-51-48-45-42-39-36-33-27-24-21-18-15-12-9-6-3/h21,24-25,28,59H,4-20,22-23,26-27,29-58H2,1-3H3/b24-21-,28-25-/t59-/m0/s1. The Hall–Kier alpha value is -1.62. The monoisotopic (exact) mass is 929 g/mol. The lowest BCUT2D eigenvalue weighted by molar-refractivity contribution is -0.155. The van der Waals surface area contributed by atoms with Gasteiger partial charge in [0, 0.05) is 19.4 Å². The molecule has 66 heavy (non-hydrogen) atoms. The zero-order valence-electron chi connectivity index (χ0n) is 45.0. The van der Waals surface area contributed by atoms with Gasteiger partial charge in [0.05, 0.1) is 0 Å². The van der Waals surface area contributed by atoms with Gasteiger partial charge in [-0.15, -0.1) is 0 Å². The number of allylic oxidation sites excluding steroid dienone is 4. The van der Waals surface area contributed by atoms with Crippen molar-refractivity contribution >= 4 is 11.9 Å². The highest BCUT2D eigenvalue weighted by Gasteiger charge is 2.16. The van der Waals surface area contributed by atoms with E-state index in [9.17, 15) is 9.59 Å². The number of hydrogen-bond donors (Lipinski definition) is 0. The first-order valence-electron chi connectivity index (χ1n) is 29.9. The van der Waals surface area contributed by atoms with Crippen LogP contribution in [0.4, 0.5) is 0 Å². The van der Waals surface area contributed by atoms with Crippen LogP contribution >= 0.6 is 0 Å². The van der Waals surface area contributed by atoms with Gasteiger partial charge in [0.25, 0.3) is 0 Å². The predicted octanol–water partition coefficient (Wildman–Crippen LogP) is 20.4. The number of esters is 2. The second kappa shape index (κ2) is 57.7. The van der Waals surface area contributed by atoms with Crippen molar-refractivity contribution in [2.24, 2.45) is 0 Å². The Bertz CT molecular complexity index is 1010. The number of carbonyl (C=O) groups excluding carboxylic acids is 2. The number of hydrogen-bond acceptors (Lipinski definition) is 5. The maximum Gasteiger partial charge on any atom is 0.305 e. The SMILES string of the molecule is CCCCCC/C=C\CCCCCCCCCC(=O)OC[C@@H](COC(=O)CCCCCCCCCCC/C=C\CCCCCCCC)OCCCCCCCCCCCCCCCCCC. The van der Waals surface area contributed by atoms with E-state index in [1.54, 1.807) is 0 Å². The van der Waals surface area contributed by atoms with E-state index in [2.05, 4.69) is 45.1 Å². The fourth-order valence-corrected chi connectivity index (χ4v) is 8.95. The fraction of sp³-hybridized carbons (Fsp3) is 0.902. The molecule has 0 saturated heterocycles. The molecule has 0 spiro atoms. The van der Waals surface area contributed by atoms with Crippen molar-refractivity contribution < 1.29 is 23.8 Å². The highest BCUT2D eigenvalue weighted by atomic mass is 16.6. The summed E-state index contributed by atoms with van der Waals surface area (Å²) in [6.45, 7) is 7.78. The number of unbranched alkanes of at least 4 members (excludes halogenated alkanes) is 41. The van der Waals surface area contributed by atoms with E-state index < -0.39 is 6.10 Å². The average Bonchev–Trinajstić information content (AvgIpc) is 3.32. The summed E-state index contributed by atoms with van der Waals surface area (Å²) in [7, 11) is 0. The van der Waals surface area contributed by atoms with Crippen LogP contribution in [-0.2, 0) is 23.8 Å². The third kappa shape index (κ3) is 55.0. The van der Waals surface area contributed by atoms with Crippen molar-refractivity contribution in [1.29, 1.82) is 0 Å². The largest absolute Gasteiger partial charge is 0.463 e. The van der Waals surface area contributed by atoms with Crippen molar-refractivity contribution in [2.75, 3.05) is 19.8 Å². The number of rotatable bonds is 56. The summed E-state index contributed by atoms with van der Waals surface area (Å²) in [6, 6.07) is 0. The molecule has 0 amide bonds. The van der Waals surface area contributed by atoms with Gasteiger partial charge in [0.15, 0.2) is 0 Å². The summed E-state index contributed by atoms with van der Waals surface area (Å²) in [5.74, 6) is -0.322. The van der Waals surface area contributed by atoms with Crippen LogP contribution in [0, 0.1) is 0 Å². The van der Waals surface area contributed by atoms with Gasteiger partial charge in [-0.2, -0.15) is 0 Å². The van der Waals surface area contributed by atoms with Crippen LogP contribution in [0.25, 0.3) is 0 Å². The maximum absolute atomic E-state index is 12.7. The Morgan fingerprint density at radius 2 is 0.530 bits per heavy atom. The summed E-state index contributed by atoms with van der Waals surface area (Å²) in [5, 5.41) is 0. The van der Waals surface area contributed by atoms with Crippen LogP contribution in [0.2, 0.25) is 0 Å². The summed E-state index contributed by atoms with van der Waals surface area (Å²) in [4.78, 5) is 25.3. The molecule has 0 fully saturated rings. The fourth-order valence-electron chi connectivity index (χ4n) is 8.95. The Morgan fingerprint density at radius 3 is 0.818 bits per heavy atom. The molecule has 390 valence electrons. The predicted molar refractivity (Wildman–Crippen MR) is 289 cm³/mol. The third-order valence-corrected chi connectivity index (χ3v) is 13.5. The van der Waals surface area contributed by atoms with E-state index in [1.807, 2.05) is 0 Å². The lowest BCUT2D eigenvalue weighted by atomic mass is 10.0. The number of ether oxygens (including phenoxy) is 3. The van der Waals surface area contributed by atoms with Crippen molar-refractivity contribution in [3.05, 3.63) is 24.3 Å². The molecule has 0 heterocycles. The molecule has 0 rings (SSSR count). The van der Waals surface area contributed by atoms with E-state index in [0.717, 1.165) is 38.5 Å². The molecule has 5 nitrogen and oxygen atoms in total. The molecular formula is C61H116O5. The Balaban J connectivity index is 4.21. The molecule has 0 aliphatic rings. The lowest BCUT2D eigenvalue weighted by Crippen LogP contribution is -2.29. The van der Waals surface area contributed by atoms with Crippen LogP contribution in [0.15, 0.2) is 24.3 Å². The van der Waals surface area contributed by atoms with Crippen molar-refractivity contribution in [1.82, 2.24) is 0 Å². The van der Waals surface area contributed by atoms with Gasteiger partial charge in [-0.05, 0) is 70.6 Å². The number of carbonyl (C=O) groups is 2. The molecule has 0 aliphatic carbocycles. The van der Waals surface area contributed by atoms with Gasteiger partial charge in [-0.3, -0.25) is 9.59 Å². The van der Waals surface area contributed by atoms with Gasteiger partial charge in [0.1, 0.15) is 19.3 Å². The molecular weight excluding hydrogens is 813 g/mol. The van der Waals surface area contributed by atoms with Crippen molar-refractivity contribution in [3.63, 3.8) is 0 Å². The van der Waals surface area contributed by atoms with Crippen LogP contribution in [-0.4, -0.2) is 37.9 Å². The van der Waals surface area contributed by atoms with E-state index >= 15 is 0 Å². The average molecular weight is 930 g/mol. The van der Waals surface area contributed by atoms with E-state index in [0.29, 0.717) is 19.4 Å². The second-order valence-corrected chi connectivity index (χ2v) is 20.2.